The van der Waals surface area contributed by atoms with Gasteiger partial charge in [-0.3, -0.25) is 29.7 Å². The molecule has 4 heterocycles. The van der Waals surface area contributed by atoms with Crippen LogP contribution in [0.4, 0.5) is 10.8 Å². The van der Waals surface area contributed by atoms with E-state index < -0.39 is 11.9 Å². The third kappa shape index (κ3) is 3.83. The monoisotopic (exact) mass is 430 g/mol. The second-order valence-corrected chi connectivity index (χ2v) is 8.95. The van der Waals surface area contributed by atoms with Crippen molar-refractivity contribution in [3.8, 4) is 0 Å². The van der Waals surface area contributed by atoms with Crippen LogP contribution in [0.2, 0.25) is 0 Å². The van der Waals surface area contributed by atoms with Crippen LogP contribution in [-0.2, 0) is 9.59 Å². The van der Waals surface area contributed by atoms with E-state index in [1.807, 2.05) is 6.92 Å². The van der Waals surface area contributed by atoms with Crippen LogP contribution in [0.1, 0.15) is 43.3 Å². The first kappa shape index (κ1) is 20.9. The van der Waals surface area contributed by atoms with Gasteiger partial charge in [-0.1, -0.05) is 0 Å². The number of aliphatic hydroxyl groups excluding tert-OH is 1. The van der Waals surface area contributed by atoms with Crippen molar-refractivity contribution in [1.82, 2.24) is 20.2 Å². The molecule has 0 radical (unpaired) electrons. The number of nitrogens with one attached hydrogen (secondary N) is 2. The summed E-state index contributed by atoms with van der Waals surface area (Å²) in [5.41, 5.74) is 0.678. The smallest absolute Gasteiger partial charge is 0.250 e. The van der Waals surface area contributed by atoms with Crippen molar-refractivity contribution in [2.45, 2.75) is 51.5 Å². The number of aryl methyl sites for hydroxylation is 1. The third-order valence-electron chi connectivity index (χ3n) is 5.85. The minimum absolute atomic E-state index is 0.0985. The quantitative estimate of drug-likeness (QED) is 0.676. The molecule has 1 spiro atoms. The topological polar surface area (TPSA) is 111 Å². The number of carbonyl (C=O) groups excluding carboxylic acids is 2. The van der Waals surface area contributed by atoms with Crippen molar-refractivity contribution >= 4 is 34.0 Å². The molecule has 30 heavy (non-hydrogen) atoms. The Morgan fingerprint density at radius 3 is 2.80 bits per heavy atom. The summed E-state index contributed by atoms with van der Waals surface area (Å²) in [4.78, 5) is 37.7. The van der Waals surface area contributed by atoms with Gasteiger partial charge in [0.2, 0.25) is 5.91 Å². The highest BCUT2D eigenvalue weighted by Crippen LogP contribution is 2.37. The Morgan fingerprint density at radius 2 is 2.13 bits per heavy atom. The Balaban J connectivity index is 1.44. The van der Waals surface area contributed by atoms with E-state index in [0.29, 0.717) is 36.8 Å². The Labute approximate surface area is 179 Å². The molecule has 0 aromatic carbocycles. The summed E-state index contributed by atoms with van der Waals surface area (Å²) in [6.07, 6.45) is 3.59. The maximum Gasteiger partial charge on any atom is 0.250 e. The number of thiazole rings is 1. The van der Waals surface area contributed by atoms with Crippen LogP contribution < -0.4 is 15.5 Å². The predicted molar refractivity (Wildman–Crippen MR) is 114 cm³/mol. The van der Waals surface area contributed by atoms with E-state index in [1.54, 1.807) is 24.5 Å². The summed E-state index contributed by atoms with van der Waals surface area (Å²) in [6, 6.07) is 3.67. The van der Waals surface area contributed by atoms with Crippen LogP contribution in [0.3, 0.4) is 0 Å². The number of hydrogen-bond acceptors (Lipinski definition) is 8. The standard InChI is InChI=1S/C20H26N6O3S/c1-12-10-15(4-7-21-12)26-17(28)20(24-19(26)29)5-8-25(9-6-20)13(2)16-11-22-18(30-16)23-14(3)27/h4,7,10-11,13,19,24,29H,5-6,8-9H2,1-3H3,(H,22,23,27)/t13-,19?/m0/s1. The number of aliphatic hydroxyl groups is 1. The molecule has 3 N–H and O–H groups in total. The van der Waals surface area contributed by atoms with Gasteiger partial charge in [0.25, 0.3) is 5.91 Å². The summed E-state index contributed by atoms with van der Waals surface area (Å²) in [6.45, 7) is 6.85. The number of pyridine rings is 1. The highest BCUT2D eigenvalue weighted by atomic mass is 32.1. The molecule has 2 aromatic rings. The summed E-state index contributed by atoms with van der Waals surface area (Å²) >= 11 is 1.47. The van der Waals surface area contributed by atoms with Crippen LogP contribution in [0.25, 0.3) is 0 Å². The average molecular weight is 431 g/mol. The molecule has 2 atom stereocenters. The lowest BCUT2D eigenvalue weighted by Crippen LogP contribution is -2.55. The predicted octanol–water partition coefficient (Wildman–Crippen LogP) is 1.61. The normalized spacial score (nSPS) is 22.5. The lowest BCUT2D eigenvalue weighted by Gasteiger charge is -2.40. The molecule has 0 saturated carbocycles. The molecule has 2 amide bonds. The number of amides is 2. The third-order valence-corrected chi connectivity index (χ3v) is 6.94. The van der Waals surface area contributed by atoms with E-state index in [1.165, 1.54) is 23.2 Å². The van der Waals surface area contributed by atoms with Crippen LogP contribution in [0.5, 0.6) is 0 Å². The van der Waals surface area contributed by atoms with E-state index >= 15 is 0 Å². The molecule has 2 aliphatic rings. The molecular formula is C20H26N6O3S. The lowest BCUT2D eigenvalue weighted by molar-refractivity contribution is -0.124. The van der Waals surface area contributed by atoms with Crippen molar-refractivity contribution in [2.24, 2.45) is 0 Å². The molecule has 1 unspecified atom stereocenters. The van der Waals surface area contributed by atoms with Gasteiger partial charge < -0.3 is 10.4 Å². The van der Waals surface area contributed by atoms with Crippen molar-refractivity contribution in [2.75, 3.05) is 23.3 Å². The summed E-state index contributed by atoms with van der Waals surface area (Å²) in [7, 11) is 0. The van der Waals surface area contributed by atoms with Gasteiger partial charge in [-0.2, -0.15) is 0 Å². The van der Waals surface area contributed by atoms with Gasteiger partial charge in [-0.25, -0.2) is 4.98 Å². The molecule has 2 saturated heterocycles. The van der Waals surface area contributed by atoms with Crippen molar-refractivity contribution < 1.29 is 14.7 Å². The molecule has 4 rings (SSSR count). The van der Waals surface area contributed by atoms with Crippen molar-refractivity contribution in [1.29, 1.82) is 0 Å². The largest absolute Gasteiger partial charge is 0.360 e. The van der Waals surface area contributed by atoms with E-state index in [2.05, 4.69) is 32.4 Å². The zero-order valence-electron chi connectivity index (χ0n) is 17.3. The lowest BCUT2D eigenvalue weighted by atomic mass is 9.86. The zero-order chi connectivity index (χ0) is 21.5. The number of likely N-dealkylation sites (tertiary alicyclic amines) is 1. The van der Waals surface area contributed by atoms with Gasteiger partial charge in [-0.15, -0.1) is 11.3 Å². The highest BCUT2D eigenvalue weighted by Gasteiger charge is 2.52. The SMILES string of the molecule is CC(=O)Nc1ncc([C@H](C)N2CCC3(CC2)NC(O)N(c2ccnc(C)c2)C3=O)s1. The maximum atomic E-state index is 13.3. The molecule has 2 aromatic heterocycles. The summed E-state index contributed by atoms with van der Waals surface area (Å²) in [5, 5.41) is 17.0. The molecule has 2 aliphatic heterocycles. The van der Waals surface area contributed by atoms with E-state index in [0.717, 1.165) is 10.6 Å². The first-order valence-electron chi connectivity index (χ1n) is 9.98. The summed E-state index contributed by atoms with van der Waals surface area (Å²) in [5.74, 6) is -0.236. The average Bonchev–Trinajstić information content (AvgIpc) is 3.24. The second kappa shape index (κ2) is 8.03. The number of nitrogens with zero attached hydrogens (tertiary/aromatic N) is 4. The molecule has 10 heteroatoms. The van der Waals surface area contributed by atoms with E-state index in [4.69, 9.17) is 0 Å². The first-order chi connectivity index (χ1) is 14.3. The van der Waals surface area contributed by atoms with Crippen LogP contribution in [0, 0.1) is 6.92 Å². The Morgan fingerprint density at radius 1 is 1.40 bits per heavy atom. The number of anilines is 2. The van der Waals surface area contributed by atoms with Gasteiger partial charge in [0, 0.05) is 49.0 Å². The maximum absolute atomic E-state index is 13.3. The number of hydrogen-bond donors (Lipinski definition) is 3. The molecule has 2 fully saturated rings. The van der Waals surface area contributed by atoms with Crippen LogP contribution in [-0.4, -0.2) is 56.8 Å². The second-order valence-electron chi connectivity index (χ2n) is 7.89. The number of aromatic nitrogens is 2. The fraction of sp³-hybridized carbons (Fsp3) is 0.500. The van der Waals surface area contributed by atoms with Crippen LogP contribution >= 0.6 is 11.3 Å². The van der Waals surface area contributed by atoms with Crippen LogP contribution in [0.15, 0.2) is 24.5 Å². The van der Waals surface area contributed by atoms with E-state index in [-0.39, 0.29) is 17.9 Å². The number of rotatable bonds is 4. The number of carbonyl (C=O) groups is 2. The molecule has 0 bridgehead atoms. The molecule has 9 nitrogen and oxygen atoms in total. The summed E-state index contributed by atoms with van der Waals surface area (Å²) < 4.78 is 0. The van der Waals surface area contributed by atoms with Gasteiger partial charge >= 0.3 is 0 Å². The zero-order valence-corrected chi connectivity index (χ0v) is 18.1. The van der Waals surface area contributed by atoms with Crippen molar-refractivity contribution in [3.05, 3.63) is 35.1 Å². The Bertz CT molecular complexity index is 956. The molecular weight excluding hydrogens is 404 g/mol. The Hall–Kier alpha value is -2.40. The van der Waals surface area contributed by atoms with E-state index in [9.17, 15) is 14.7 Å². The minimum atomic E-state index is -1.05. The highest BCUT2D eigenvalue weighted by molar-refractivity contribution is 7.15. The van der Waals surface area contributed by atoms with Gasteiger partial charge in [-0.05, 0) is 38.8 Å². The molecule has 160 valence electrons. The first-order valence-corrected chi connectivity index (χ1v) is 10.8. The number of piperidine rings is 1. The van der Waals surface area contributed by atoms with Gasteiger partial charge in [0.1, 0.15) is 5.54 Å². The van der Waals surface area contributed by atoms with Gasteiger partial charge in [0.15, 0.2) is 11.5 Å². The Kier molecular flexibility index (Phi) is 5.58. The van der Waals surface area contributed by atoms with Crippen molar-refractivity contribution in [3.63, 3.8) is 0 Å². The van der Waals surface area contributed by atoms with Gasteiger partial charge in [0.05, 0.1) is 5.69 Å². The molecule has 0 aliphatic carbocycles. The fourth-order valence-corrected chi connectivity index (χ4v) is 5.12. The fourth-order valence-electron chi connectivity index (χ4n) is 4.17. The minimum Gasteiger partial charge on any atom is -0.360 e.